The lowest BCUT2D eigenvalue weighted by Crippen LogP contribution is -2.16. The summed E-state index contributed by atoms with van der Waals surface area (Å²) in [4.78, 5) is 12.7. The Labute approximate surface area is 146 Å². The van der Waals surface area contributed by atoms with Gasteiger partial charge in [0.15, 0.2) is 5.69 Å². The van der Waals surface area contributed by atoms with Crippen LogP contribution in [0.3, 0.4) is 0 Å². The van der Waals surface area contributed by atoms with Gasteiger partial charge in [0, 0.05) is 12.8 Å². The highest BCUT2D eigenvalue weighted by Crippen LogP contribution is 2.19. The molecule has 0 aliphatic heterocycles. The van der Waals surface area contributed by atoms with Crippen molar-refractivity contribution in [2.45, 2.75) is 20.0 Å². The number of aromatic nitrogens is 3. The van der Waals surface area contributed by atoms with Gasteiger partial charge in [-0.1, -0.05) is 48.5 Å². The minimum absolute atomic E-state index is 0.236. The van der Waals surface area contributed by atoms with Crippen LogP contribution in [-0.4, -0.2) is 28.0 Å². The number of rotatable bonds is 6. The SMILES string of the molecule is CCc1ccccc1NC(=O)c1nnn(-c2ccccc2)c1COC. The molecule has 0 atom stereocenters. The summed E-state index contributed by atoms with van der Waals surface area (Å²) in [7, 11) is 1.58. The number of anilines is 1. The third-order valence-corrected chi connectivity index (χ3v) is 3.91. The molecular formula is C19H20N4O2. The number of nitrogens with zero attached hydrogens (tertiary/aromatic N) is 3. The largest absolute Gasteiger partial charge is 0.378 e. The van der Waals surface area contributed by atoms with Crippen molar-refractivity contribution in [1.29, 1.82) is 0 Å². The number of aryl methyl sites for hydroxylation is 1. The van der Waals surface area contributed by atoms with E-state index in [1.807, 2.05) is 61.5 Å². The smallest absolute Gasteiger partial charge is 0.278 e. The van der Waals surface area contributed by atoms with Crippen molar-refractivity contribution in [2.24, 2.45) is 0 Å². The summed E-state index contributed by atoms with van der Waals surface area (Å²) in [6.07, 6.45) is 0.831. The molecule has 3 rings (SSSR count). The quantitative estimate of drug-likeness (QED) is 0.750. The molecule has 3 aromatic rings. The van der Waals surface area contributed by atoms with Crippen LogP contribution in [0.5, 0.6) is 0 Å². The van der Waals surface area contributed by atoms with E-state index in [-0.39, 0.29) is 18.2 Å². The Morgan fingerprint density at radius 2 is 1.84 bits per heavy atom. The van der Waals surface area contributed by atoms with Gasteiger partial charge in [-0.3, -0.25) is 4.79 Å². The second kappa shape index (κ2) is 7.72. The van der Waals surface area contributed by atoms with Gasteiger partial charge in [0.05, 0.1) is 12.3 Å². The maximum absolute atomic E-state index is 12.7. The van der Waals surface area contributed by atoms with Crippen LogP contribution in [0.2, 0.25) is 0 Å². The van der Waals surface area contributed by atoms with Gasteiger partial charge in [-0.2, -0.15) is 0 Å². The van der Waals surface area contributed by atoms with E-state index in [9.17, 15) is 4.79 Å². The Morgan fingerprint density at radius 1 is 1.12 bits per heavy atom. The zero-order valence-electron chi connectivity index (χ0n) is 14.3. The zero-order valence-corrected chi connectivity index (χ0v) is 14.3. The minimum Gasteiger partial charge on any atom is -0.378 e. The van der Waals surface area contributed by atoms with Gasteiger partial charge in [-0.05, 0) is 30.2 Å². The topological polar surface area (TPSA) is 69.0 Å². The van der Waals surface area contributed by atoms with Gasteiger partial charge in [0.2, 0.25) is 0 Å². The second-order valence-electron chi connectivity index (χ2n) is 5.53. The van der Waals surface area contributed by atoms with Crippen LogP contribution in [0.4, 0.5) is 5.69 Å². The Hall–Kier alpha value is -2.99. The summed E-state index contributed by atoms with van der Waals surface area (Å²) in [5, 5.41) is 11.2. The summed E-state index contributed by atoms with van der Waals surface area (Å²) in [6, 6.07) is 17.3. The number of benzene rings is 2. The van der Waals surface area contributed by atoms with E-state index >= 15 is 0 Å². The maximum atomic E-state index is 12.7. The summed E-state index contributed by atoms with van der Waals surface area (Å²) in [5.74, 6) is -0.296. The highest BCUT2D eigenvalue weighted by Gasteiger charge is 2.21. The Balaban J connectivity index is 1.94. The summed E-state index contributed by atoms with van der Waals surface area (Å²) in [6.45, 7) is 2.28. The number of carbonyl (C=O) groups excluding carboxylic acids is 1. The molecule has 0 saturated heterocycles. The van der Waals surface area contributed by atoms with Crippen LogP contribution in [0, 0.1) is 0 Å². The van der Waals surface area contributed by atoms with E-state index < -0.39 is 0 Å². The van der Waals surface area contributed by atoms with Gasteiger partial charge >= 0.3 is 0 Å². The van der Waals surface area contributed by atoms with Crippen molar-refractivity contribution >= 4 is 11.6 Å². The lowest BCUT2D eigenvalue weighted by molar-refractivity contribution is 0.101. The second-order valence-corrected chi connectivity index (χ2v) is 5.53. The molecule has 0 saturated carbocycles. The van der Waals surface area contributed by atoms with E-state index in [1.54, 1.807) is 11.8 Å². The van der Waals surface area contributed by atoms with E-state index in [4.69, 9.17) is 4.74 Å². The van der Waals surface area contributed by atoms with Crippen LogP contribution < -0.4 is 5.32 Å². The number of hydrogen-bond donors (Lipinski definition) is 1. The molecule has 1 N–H and O–H groups in total. The Bertz CT molecular complexity index is 859. The Kier molecular flexibility index (Phi) is 5.20. The van der Waals surface area contributed by atoms with E-state index in [0.29, 0.717) is 5.69 Å². The first kappa shape index (κ1) is 16.9. The monoisotopic (exact) mass is 336 g/mol. The van der Waals surface area contributed by atoms with Crippen molar-refractivity contribution in [2.75, 3.05) is 12.4 Å². The summed E-state index contributed by atoms with van der Waals surface area (Å²) in [5.41, 5.74) is 3.55. The molecule has 25 heavy (non-hydrogen) atoms. The standard InChI is InChI=1S/C19H20N4O2/c1-3-14-9-7-8-12-16(14)20-19(24)18-17(13-25-2)23(22-21-18)15-10-5-4-6-11-15/h4-12H,3,13H2,1-2H3,(H,20,24). The molecule has 0 unspecified atom stereocenters. The molecule has 128 valence electrons. The number of methoxy groups -OCH3 is 1. The molecule has 6 nitrogen and oxygen atoms in total. The highest BCUT2D eigenvalue weighted by molar-refractivity contribution is 6.04. The molecule has 0 fully saturated rings. The van der Waals surface area contributed by atoms with Crippen LogP contribution in [0.15, 0.2) is 54.6 Å². The number of para-hydroxylation sites is 2. The van der Waals surface area contributed by atoms with Crippen LogP contribution >= 0.6 is 0 Å². The fraction of sp³-hybridized carbons (Fsp3) is 0.211. The lowest BCUT2D eigenvalue weighted by Gasteiger charge is -2.10. The molecule has 0 aliphatic rings. The molecule has 1 amide bonds. The van der Waals surface area contributed by atoms with Crippen molar-refractivity contribution in [3.05, 3.63) is 71.5 Å². The van der Waals surface area contributed by atoms with E-state index in [0.717, 1.165) is 23.4 Å². The molecule has 0 aliphatic carbocycles. The van der Waals surface area contributed by atoms with E-state index in [2.05, 4.69) is 15.6 Å². The van der Waals surface area contributed by atoms with Gasteiger partial charge in [-0.15, -0.1) is 5.10 Å². The molecule has 6 heteroatoms. The normalized spacial score (nSPS) is 10.6. The predicted molar refractivity (Wildman–Crippen MR) is 95.8 cm³/mol. The van der Waals surface area contributed by atoms with Crippen molar-refractivity contribution in [3.8, 4) is 5.69 Å². The molecule has 1 aromatic heterocycles. The third-order valence-electron chi connectivity index (χ3n) is 3.91. The third kappa shape index (κ3) is 3.59. The van der Waals surface area contributed by atoms with Crippen LogP contribution in [-0.2, 0) is 17.8 Å². The van der Waals surface area contributed by atoms with E-state index in [1.165, 1.54) is 0 Å². The maximum Gasteiger partial charge on any atom is 0.278 e. The number of nitrogens with one attached hydrogen (secondary N) is 1. The molecule has 2 aromatic carbocycles. The molecule has 0 bridgehead atoms. The molecule has 1 heterocycles. The lowest BCUT2D eigenvalue weighted by atomic mass is 10.1. The number of carbonyl (C=O) groups is 1. The van der Waals surface area contributed by atoms with Gasteiger partial charge in [0.25, 0.3) is 5.91 Å². The van der Waals surface area contributed by atoms with Crippen LogP contribution in [0.1, 0.15) is 28.7 Å². The zero-order chi connectivity index (χ0) is 17.6. The molecule has 0 radical (unpaired) electrons. The number of amides is 1. The average Bonchev–Trinajstić information content (AvgIpc) is 3.07. The highest BCUT2D eigenvalue weighted by atomic mass is 16.5. The van der Waals surface area contributed by atoms with Gasteiger partial charge in [-0.25, -0.2) is 4.68 Å². The summed E-state index contributed by atoms with van der Waals surface area (Å²) >= 11 is 0. The number of ether oxygens (including phenoxy) is 1. The minimum atomic E-state index is -0.296. The first-order valence-electron chi connectivity index (χ1n) is 8.12. The van der Waals surface area contributed by atoms with Gasteiger partial charge < -0.3 is 10.1 Å². The average molecular weight is 336 g/mol. The fourth-order valence-electron chi connectivity index (χ4n) is 2.65. The van der Waals surface area contributed by atoms with Crippen molar-refractivity contribution < 1.29 is 9.53 Å². The molecular weight excluding hydrogens is 316 g/mol. The van der Waals surface area contributed by atoms with Crippen LogP contribution in [0.25, 0.3) is 5.69 Å². The predicted octanol–water partition coefficient (Wildman–Crippen LogP) is 3.23. The van der Waals surface area contributed by atoms with Crippen molar-refractivity contribution in [1.82, 2.24) is 15.0 Å². The van der Waals surface area contributed by atoms with Gasteiger partial charge in [0.1, 0.15) is 5.69 Å². The first-order valence-corrected chi connectivity index (χ1v) is 8.12. The van der Waals surface area contributed by atoms with Crippen molar-refractivity contribution in [3.63, 3.8) is 0 Å². The summed E-state index contributed by atoms with van der Waals surface area (Å²) < 4.78 is 6.88. The fourth-order valence-corrected chi connectivity index (χ4v) is 2.65. The Morgan fingerprint density at radius 3 is 2.56 bits per heavy atom. The first-order chi connectivity index (χ1) is 12.2. The number of hydrogen-bond acceptors (Lipinski definition) is 4. The molecule has 0 spiro atoms.